The second-order valence-corrected chi connectivity index (χ2v) is 6.87. The van der Waals surface area contributed by atoms with Crippen LogP contribution in [0.2, 0.25) is 0 Å². The molecular formula is C22H25N. The van der Waals surface area contributed by atoms with E-state index in [4.69, 9.17) is 5.26 Å². The Bertz CT molecular complexity index is 655. The summed E-state index contributed by atoms with van der Waals surface area (Å²) in [5.41, 5.74) is 3.67. The summed E-state index contributed by atoms with van der Waals surface area (Å²) in [5, 5.41) is 9.06. The molecule has 1 heteroatoms. The Morgan fingerprint density at radius 1 is 0.957 bits per heavy atom. The largest absolute Gasteiger partial charge is 0.192 e. The predicted molar refractivity (Wildman–Crippen MR) is 95.2 cm³/mol. The van der Waals surface area contributed by atoms with E-state index >= 15 is 0 Å². The molecule has 0 atom stereocenters. The lowest BCUT2D eigenvalue weighted by Gasteiger charge is -2.41. The Morgan fingerprint density at radius 3 is 2.13 bits per heavy atom. The maximum atomic E-state index is 9.06. The normalized spacial score (nSPS) is 24.1. The molecule has 0 bridgehead atoms. The lowest BCUT2D eigenvalue weighted by molar-refractivity contribution is 0.254. The molecule has 0 amide bonds. The van der Waals surface area contributed by atoms with Crippen LogP contribution >= 0.6 is 0 Å². The standard InChI is InChI=1S/C22H25N/c1-2-6-18-13-15-22(16-14-18,20-7-4-3-5-8-20)21-11-9-19(17-23)10-12-21/h3-5,7-12,18H,2,6,13-16H2,1H3. The van der Waals surface area contributed by atoms with E-state index < -0.39 is 0 Å². The fourth-order valence-electron chi connectivity index (χ4n) is 4.23. The van der Waals surface area contributed by atoms with Crippen molar-refractivity contribution in [2.24, 2.45) is 5.92 Å². The minimum Gasteiger partial charge on any atom is -0.192 e. The van der Waals surface area contributed by atoms with E-state index in [1.165, 1.54) is 49.7 Å². The van der Waals surface area contributed by atoms with E-state index in [1.54, 1.807) is 0 Å². The SMILES string of the molecule is CCCC1CCC(c2ccccc2)(c2ccc(C#N)cc2)CC1. The van der Waals surface area contributed by atoms with Crippen molar-refractivity contribution in [1.82, 2.24) is 0 Å². The molecule has 1 aliphatic carbocycles. The van der Waals surface area contributed by atoms with Crippen molar-refractivity contribution >= 4 is 0 Å². The fraction of sp³-hybridized carbons (Fsp3) is 0.409. The van der Waals surface area contributed by atoms with Crippen LogP contribution in [0.1, 0.15) is 62.1 Å². The van der Waals surface area contributed by atoms with E-state index in [1.807, 2.05) is 12.1 Å². The van der Waals surface area contributed by atoms with Crippen LogP contribution in [0.15, 0.2) is 54.6 Å². The Balaban J connectivity index is 1.96. The number of benzene rings is 2. The lowest BCUT2D eigenvalue weighted by Crippen LogP contribution is -2.33. The summed E-state index contributed by atoms with van der Waals surface area (Å²) in [4.78, 5) is 0. The number of hydrogen-bond donors (Lipinski definition) is 0. The van der Waals surface area contributed by atoms with Gasteiger partial charge in [0.2, 0.25) is 0 Å². The van der Waals surface area contributed by atoms with E-state index in [-0.39, 0.29) is 5.41 Å². The topological polar surface area (TPSA) is 23.8 Å². The minimum absolute atomic E-state index is 0.124. The smallest absolute Gasteiger partial charge is 0.0991 e. The van der Waals surface area contributed by atoms with Crippen molar-refractivity contribution in [1.29, 1.82) is 5.26 Å². The molecule has 3 rings (SSSR count). The summed E-state index contributed by atoms with van der Waals surface area (Å²) in [6.07, 6.45) is 7.70. The maximum absolute atomic E-state index is 9.06. The van der Waals surface area contributed by atoms with Gasteiger partial charge in [-0.25, -0.2) is 0 Å². The average molecular weight is 303 g/mol. The van der Waals surface area contributed by atoms with Crippen LogP contribution < -0.4 is 0 Å². The highest BCUT2D eigenvalue weighted by atomic mass is 14.4. The number of nitrogens with zero attached hydrogens (tertiary/aromatic N) is 1. The van der Waals surface area contributed by atoms with E-state index in [0.717, 1.165) is 11.5 Å². The molecule has 1 fully saturated rings. The first-order valence-corrected chi connectivity index (χ1v) is 8.84. The van der Waals surface area contributed by atoms with Crippen molar-refractivity contribution in [2.75, 3.05) is 0 Å². The first-order valence-electron chi connectivity index (χ1n) is 8.84. The Kier molecular flexibility index (Phi) is 4.82. The first kappa shape index (κ1) is 15.8. The summed E-state index contributed by atoms with van der Waals surface area (Å²) in [6, 6.07) is 21.5. The monoisotopic (exact) mass is 303 g/mol. The molecule has 2 aromatic rings. The van der Waals surface area contributed by atoms with Crippen molar-refractivity contribution in [2.45, 2.75) is 50.9 Å². The van der Waals surface area contributed by atoms with Gasteiger partial charge in [0, 0.05) is 5.41 Å². The van der Waals surface area contributed by atoms with Gasteiger partial charge in [-0.1, -0.05) is 62.2 Å². The molecule has 1 nitrogen and oxygen atoms in total. The van der Waals surface area contributed by atoms with Crippen molar-refractivity contribution in [3.8, 4) is 6.07 Å². The van der Waals surface area contributed by atoms with Crippen molar-refractivity contribution in [3.63, 3.8) is 0 Å². The summed E-state index contributed by atoms with van der Waals surface area (Å²) < 4.78 is 0. The predicted octanol–water partition coefficient (Wildman–Crippen LogP) is 5.83. The fourth-order valence-corrected chi connectivity index (χ4v) is 4.23. The highest BCUT2D eigenvalue weighted by Crippen LogP contribution is 2.47. The summed E-state index contributed by atoms with van der Waals surface area (Å²) >= 11 is 0. The van der Waals surface area contributed by atoms with E-state index in [2.05, 4.69) is 55.5 Å². The van der Waals surface area contributed by atoms with Crippen LogP contribution in [0.4, 0.5) is 0 Å². The Hall–Kier alpha value is -2.07. The zero-order valence-corrected chi connectivity index (χ0v) is 14.0. The number of rotatable bonds is 4. The highest BCUT2D eigenvalue weighted by molar-refractivity contribution is 5.42. The molecule has 0 unspecified atom stereocenters. The third-order valence-electron chi connectivity index (χ3n) is 5.55. The second-order valence-electron chi connectivity index (χ2n) is 6.87. The first-order chi connectivity index (χ1) is 11.3. The van der Waals surface area contributed by atoms with Gasteiger partial charge in [-0.15, -0.1) is 0 Å². The van der Waals surface area contributed by atoms with E-state index in [0.29, 0.717) is 0 Å². The minimum atomic E-state index is 0.124. The zero-order chi connectivity index (χ0) is 16.1. The molecule has 2 aromatic carbocycles. The van der Waals surface area contributed by atoms with Gasteiger partial charge in [0.25, 0.3) is 0 Å². The number of nitriles is 1. The number of hydrogen-bond acceptors (Lipinski definition) is 1. The third kappa shape index (κ3) is 3.17. The lowest BCUT2D eigenvalue weighted by atomic mass is 9.62. The highest BCUT2D eigenvalue weighted by Gasteiger charge is 2.37. The van der Waals surface area contributed by atoms with Gasteiger partial charge in [-0.3, -0.25) is 0 Å². The van der Waals surface area contributed by atoms with Gasteiger partial charge >= 0.3 is 0 Å². The van der Waals surface area contributed by atoms with E-state index in [9.17, 15) is 0 Å². The molecule has 0 aliphatic heterocycles. The molecule has 0 aromatic heterocycles. The third-order valence-corrected chi connectivity index (χ3v) is 5.55. The molecule has 0 N–H and O–H groups in total. The van der Waals surface area contributed by atoms with Crippen LogP contribution in [0.25, 0.3) is 0 Å². The van der Waals surface area contributed by atoms with Crippen LogP contribution in [-0.4, -0.2) is 0 Å². The molecule has 118 valence electrons. The molecule has 23 heavy (non-hydrogen) atoms. The molecule has 0 radical (unpaired) electrons. The average Bonchev–Trinajstić information content (AvgIpc) is 2.64. The Labute approximate surface area is 140 Å². The van der Waals surface area contributed by atoms with Crippen molar-refractivity contribution < 1.29 is 0 Å². The zero-order valence-electron chi connectivity index (χ0n) is 14.0. The van der Waals surface area contributed by atoms with Gasteiger partial charge in [0.05, 0.1) is 11.6 Å². The van der Waals surface area contributed by atoms with Crippen LogP contribution in [0.5, 0.6) is 0 Å². The Morgan fingerprint density at radius 2 is 1.57 bits per heavy atom. The van der Waals surface area contributed by atoms with Gasteiger partial charge in [-0.05, 0) is 54.9 Å². The molecule has 0 saturated heterocycles. The second kappa shape index (κ2) is 7.01. The van der Waals surface area contributed by atoms with Crippen molar-refractivity contribution in [3.05, 3.63) is 71.3 Å². The summed E-state index contributed by atoms with van der Waals surface area (Å²) in [7, 11) is 0. The molecular weight excluding hydrogens is 278 g/mol. The van der Waals surface area contributed by atoms with Crippen LogP contribution in [-0.2, 0) is 5.41 Å². The molecule has 0 heterocycles. The molecule has 1 saturated carbocycles. The van der Waals surface area contributed by atoms with Crippen LogP contribution in [0.3, 0.4) is 0 Å². The van der Waals surface area contributed by atoms with Gasteiger partial charge in [-0.2, -0.15) is 5.26 Å². The quantitative estimate of drug-likeness (QED) is 0.696. The van der Waals surface area contributed by atoms with Gasteiger partial charge in [0.1, 0.15) is 0 Å². The molecule has 0 spiro atoms. The summed E-state index contributed by atoms with van der Waals surface area (Å²) in [5.74, 6) is 0.884. The summed E-state index contributed by atoms with van der Waals surface area (Å²) in [6.45, 7) is 2.29. The molecule has 1 aliphatic rings. The van der Waals surface area contributed by atoms with Gasteiger partial charge < -0.3 is 0 Å². The maximum Gasteiger partial charge on any atom is 0.0991 e. The van der Waals surface area contributed by atoms with Gasteiger partial charge in [0.15, 0.2) is 0 Å². The van der Waals surface area contributed by atoms with Crippen LogP contribution in [0, 0.1) is 17.2 Å².